The molecule has 6 nitrogen and oxygen atoms in total. The van der Waals surface area contributed by atoms with Gasteiger partial charge in [-0.15, -0.1) is 11.3 Å². The molecule has 0 radical (unpaired) electrons. The van der Waals surface area contributed by atoms with Gasteiger partial charge in [0, 0.05) is 26.7 Å². The van der Waals surface area contributed by atoms with Crippen molar-refractivity contribution in [1.82, 2.24) is 5.43 Å². The molecule has 0 aliphatic carbocycles. The summed E-state index contributed by atoms with van der Waals surface area (Å²) in [7, 11) is 0. The Bertz CT molecular complexity index is 1110. The molecule has 138 valence electrons. The van der Waals surface area contributed by atoms with Crippen LogP contribution in [0.2, 0.25) is 15.1 Å². The molecule has 0 aliphatic rings. The second kappa shape index (κ2) is 7.82. The molecule has 10 heteroatoms. The number of rotatable bonds is 4. The van der Waals surface area contributed by atoms with Gasteiger partial charge in [-0.3, -0.25) is 14.9 Å². The highest BCUT2D eigenvalue weighted by molar-refractivity contribution is 7.21. The second-order valence-corrected chi connectivity index (χ2v) is 7.72. The molecule has 3 aromatic rings. The van der Waals surface area contributed by atoms with E-state index in [9.17, 15) is 14.9 Å². The number of hydrogen-bond acceptors (Lipinski definition) is 5. The Hall–Kier alpha value is -2.19. The lowest BCUT2D eigenvalue weighted by Crippen LogP contribution is -2.18. The Kier molecular flexibility index (Phi) is 5.67. The zero-order chi connectivity index (χ0) is 19.7. The van der Waals surface area contributed by atoms with Gasteiger partial charge in [0.05, 0.1) is 15.7 Å². The standard InChI is InChI=1S/C17H10Cl3N3O3S/c1-8(9-2-5-12(19)13(6-9)23(25)26)21-22-17(24)16-15(20)11-4-3-10(18)7-14(11)27-16/h2-7H,1H3,(H,22,24). The van der Waals surface area contributed by atoms with Crippen molar-refractivity contribution in [3.8, 4) is 0 Å². The van der Waals surface area contributed by atoms with Crippen LogP contribution in [-0.2, 0) is 0 Å². The maximum Gasteiger partial charge on any atom is 0.288 e. The molecule has 1 N–H and O–H groups in total. The van der Waals surface area contributed by atoms with Gasteiger partial charge in [0.1, 0.15) is 9.90 Å². The van der Waals surface area contributed by atoms with Crippen molar-refractivity contribution < 1.29 is 9.72 Å². The summed E-state index contributed by atoms with van der Waals surface area (Å²) in [5, 5.41) is 16.6. The number of nitro benzene ring substituents is 1. The van der Waals surface area contributed by atoms with Crippen LogP contribution in [0, 0.1) is 10.1 Å². The number of hydrogen-bond donors (Lipinski definition) is 1. The number of benzene rings is 2. The van der Waals surface area contributed by atoms with Crippen LogP contribution in [-0.4, -0.2) is 16.5 Å². The number of hydrazone groups is 1. The number of nitrogens with one attached hydrogen (secondary N) is 1. The first-order valence-electron chi connectivity index (χ1n) is 7.44. The second-order valence-electron chi connectivity index (χ2n) is 5.45. The third-order valence-corrected chi connectivity index (χ3v) is 5.89. The molecule has 0 bridgehead atoms. The van der Waals surface area contributed by atoms with Crippen molar-refractivity contribution >= 4 is 73.5 Å². The van der Waals surface area contributed by atoms with Crippen molar-refractivity contribution in [2.75, 3.05) is 0 Å². The number of nitro groups is 1. The number of thiophene rings is 1. The fraction of sp³-hybridized carbons (Fsp3) is 0.0588. The Labute approximate surface area is 172 Å². The summed E-state index contributed by atoms with van der Waals surface area (Å²) in [5.41, 5.74) is 3.02. The maximum absolute atomic E-state index is 12.4. The average molecular weight is 443 g/mol. The van der Waals surface area contributed by atoms with Gasteiger partial charge in [-0.1, -0.05) is 46.9 Å². The lowest BCUT2D eigenvalue weighted by Gasteiger charge is -2.03. The zero-order valence-electron chi connectivity index (χ0n) is 13.6. The number of halogens is 3. The van der Waals surface area contributed by atoms with Gasteiger partial charge in [-0.2, -0.15) is 5.10 Å². The average Bonchev–Trinajstić information content (AvgIpc) is 2.95. The number of carbonyl (C=O) groups is 1. The first-order valence-corrected chi connectivity index (χ1v) is 9.39. The summed E-state index contributed by atoms with van der Waals surface area (Å²) in [6, 6.07) is 9.44. The van der Waals surface area contributed by atoms with Gasteiger partial charge < -0.3 is 0 Å². The molecule has 0 fully saturated rings. The molecular formula is C17H10Cl3N3O3S. The third-order valence-electron chi connectivity index (χ3n) is 3.68. The van der Waals surface area contributed by atoms with Gasteiger partial charge in [0.2, 0.25) is 0 Å². The SMILES string of the molecule is CC(=NNC(=O)c1sc2cc(Cl)ccc2c1Cl)c1ccc(Cl)c([N+](=O)[O-])c1. The number of carbonyl (C=O) groups excluding carboxylic acids is 1. The van der Waals surface area contributed by atoms with Gasteiger partial charge >= 0.3 is 0 Å². The van der Waals surface area contributed by atoms with Crippen molar-refractivity contribution in [3.63, 3.8) is 0 Å². The van der Waals surface area contributed by atoms with Gasteiger partial charge in [-0.05, 0) is 25.1 Å². The van der Waals surface area contributed by atoms with Gasteiger partial charge in [-0.25, -0.2) is 5.43 Å². The van der Waals surface area contributed by atoms with Crippen LogP contribution >= 0.6 is 46.1 Å². The first-order chi connectivity index (χ1) is 12.8. The number of fused-ring (bicyclic) bond motifs is 1. The van der Waals surface area contributed by atoms with E-state index < -0.39 is 10.8 Å². The Morgan fingerprint density at radius 2 is 1.93 bits per heavy atom. The van der Waals surface area contributed by atoms with Crippen molar-refractivity contribution in [2.24, 2.45) is 5.10 Å². The molecule has 1 aromatic heterocycles. The highest BCUT2D eigenvalue weighted by Gasteiger charge is 2.18. The van der Waals surface area contributed by atoms with E-state index in [1.165, 1.54) is 23.5 Å². The van der Waals surface area contributed by atoms with Gasteiger partial charge in [0.25, 0.3) is 11.6 Å². The minimum atomic E-state index is -0.584. The fourth-order valence-corrected chi connectivity index (χ4v) is 4.18. The van der Waals surface area contributed by atoms with E-state index in [1.807, 2.05) is 0 Å². The molecular weight excluding hydrogens is 433 g/mol. The smallest absolute Gasteiger partial charge is 0.266 e. The Balaban J connectivity index is 1.85. The summed E-state index contributed by atoms with van der Waals surface area (Å²) in [5.74, 6) is -0.486. The van der Waals surface area contributed by atoms with Crippen LogP contribution in [0.4, 0.5) is 5.69 Å². The summed E-state index contributed by atoms with van der Waals surface area (Å²) in [4.78, 5) is 23.1. The number of amides is 1. The van der Waals surface area contributed by atoms with Crippen LogP contribution in [0.5, 0.6) is 0 Å². The predicted octanol–water partition coefficient (Wildman–Crippen LogP) is 5.92. The predicted molar refractivity (Wildman–Crippen MR) is 110 cm³/mol. The summed E-state index contributed by atoms with van der Waals surface area (Å²) in [6.07, 6.45) is 0. The van der Waals surface area contributed by atoms with E-state index in [0.717, 1.165) is 10.1 Å². The molecule has 2 aromatic carbocycles. The molecule has 0 saturated heterocycles. The molecule has 1 amide bonds. The fourth-order valence-electron chi connectivity index (χ4n) is 2.31. The molecule has 1 heterocycles. The van der Waals surface area contributed by atoms with E-state index >= 15 is 0 Å². The largest absolute Gasteiger partial charge is 0.288 e. The molecule has 0 unspecified atom stereocenters. The summed E-state index contributed by atoms with van der Waals surface area (Å²) < 4.78 is 0.784. The van der Waals surface area contributed by atoms with Crippen LogP contribution in [0.25, 0.3) is 10.1 Å². The van der Waals surface area contributed by atoms with Crippen LogP contribution < -0.4 is 5.43 Å². The highest BCUT2D eigenvalue weighted by Crippen LogP contribution is 2.36. The van der Waals surface area contributed by atoms with E-state index in [2.05, 4.69) is 10.5 Å². The molecule has 3 rings (SSSR count). The van der Waals surface area contributed by atoms with Crippen LogP contribution in [0.15, 0.2) is 41.5 Å². The van der Waals surface area contributed by atoms with Crippen molar-refractivity contribution in [1.29, 1.82) is 0 Å². The molecule has 0 aliphatic heterocycles. The quantitative estimate of drug-likeness (QED) is 0.309. The minimum absolute atomic E-state index is 0.0244. The lowest BCUT2D eigenvalue weighted by molar-refractivity contribution is -0.384. The third kappa shape index (κ3) is 4.06. The Morgan fingerprint density at radius 1 is 1.19 bits per heavy atom. The number of nitrogens with zero attached hydrogens (tertiary/aromatic N) is 2. The minimum Gasteiger partial charge on any atom is -0.266 e. The zero-order valence-corrected chi connectivity index (χ0v) is 16.7. The summed E-state index contributed by atoms with van der Waals surface area (Å²) in [6.45, 7) is 1.61. The first kappa shape index (κ1) is 19.6. The highest BCUT2D eigenvalue weighted by atomic mass is 35.5. The van der Waals surface area contributed by atoms with E-state index in [1.54, 1.807) is 31.2 Å². The molecule has 0 saturated carbocycles. The van der Waals surface area contributed by atoms with E-state index in [-0.39, 0.29) is 10.7 Å². The van der Waals surface area contributed by atoms with Crippen LogP contribution in [0.1, 0.15) is 22.2 Å². The van der Waals surface area contributed by atoms with E-state index in [0.29, 0.717) is 26.2 Å². The molecule has 0 spiro atoms. The molecule has 0 atom stereocenters. The normalized spacial score (nSPS) is 11.6. The maximum atomic E-state index is 12.4. The van der Waals surface area contributed by atoms with Crippen molar-refractivity contribution in [3.05, 3.63) is 72.0 Å². The lowest BCUT2D eigenvalue weighted by atomic mass is 10.1. The van der Waals surface area contributed by atoms with Gasteiger partial charge in [0.15, 0.2) is 0 Å². The van der Waals surface area contributed by atoms with Crippen LogP contribution in [0.3, 0.4) is 0 Å². The Morgan fingerprint density at radius 3 is 2.63 bits per heavy atom. The monoisotopic (exact) mass is 441 g/mol. The summed E-state index contributed by atoms with van der Waals surface area (Å²) >= 11 is 19.2. The van der Waals surface area contributed by atoms with E-state index in [4.69, 9.17) is 34.8 Å². The van der Waals surface area contributed by atoms with Crippen molar-refractivity contribution in [2.45, 2.75) is 6.92 Å². The molecule has 27 heavy (non-hydrogen) atoms. The topological polar surface area (TPSA) is 84.6 Å².